The molecule has 3 nitrogen and oxygen atoms in total. The summed E-state index contributed by atoms with van der Waals surface area (Å²) in [5.41, 5.74) is 8.94. The Balaban J connectivity index is 2.10. The van der Waals surface area contributed by atoms with Gasteiger partial charge in [0.1, 0.15) is 0 Å². The van der Waals surface area contributed by atoms with Crippen molar-refractivity contribution in [2.75, 3.05) is 0 Å². The number of aromatic nitrogens is 2. The Labute approximate surface area is 115 Å². The lowest BCUT2D eigenvalue weighted by atomic mass is 9.91. The van der Waals surface area contributed by atoms with Gasteiger partial charge in [-0.05, 0) is 17.4 Å². The second-order valence-electron chi connectivity index (χ2n) is 6.29. The molecular formula is C16H23N3. The molecule has 0 spiro atoms. The van der Waals surface area contributed by atoms with E-state index in [-0.39, 0.29) is 11.5 Å². The molecule has 0 aliphatic heterocycles. The van der Waals surface area contributed by atoms with Crippen LogP contribution in [0, 0.1) is 5.41 Å². The largest absolute Gasteiger partial charge is 0.333 e. The van der Waals surface area contributed by atoms with Crippen LogP contribution in [0.25, 0.3) is 0 Å². The normalized spacial score (nSPS) is 13.5. The van der Waals surface area contributed by atoms with E-state index >= 15 is 0 Å². The number of hydrogen-bond acceptors (Lipinski definition) is 2. The summed E-state index contributed by atoms with van der Waals surface area (Å²) in [6.07, 6.45) is 4.83. The summed E-state index contributed by atoms with van der Waals surface area (Å²) in [6.45, 7) is 7.49. The Morgan fingerprint density at radius 2 is 1.89 bits per heavy atom. The maximum Gasteiger partial charge on any atom is 0.0948 e. The third kappa shape index (κ3) is 3.93. The molecule has 0 amide bonds. The fourth-order valence-electron chi connectivity index (χ4n) is 2.22. The fourth-order valence-corrected chi connectivity index (χ4v) is 2.22. The van der Waals surface area contributed by atoms with Gasteiger partial charge in [-0.25, -0.2) is 4.98 Å². The third-order valence-electron chi connectivity index (χ3n) is 3.13. The highest BCUT2D eigenvalue weighted by Crippen LogP contribution is 2.21. The van der Waals surface area contributed by atoms with Gasteiger partial charge in [-0.15, -0.1) is 0 Å². The molecule has 1 atom stereocenters. The van der Waals surface area contributed by atoms with Gasteiger partial charge in [-0.1, -0.05) is 51.1 Å². The van der Waals surface area contributed by atoms with E-state index in [2.05, 4.69) is 42.5 Å². The Morgan fingerprint density at radius 1 is 1.21 bits per heavy atom. The van der Waals surface area contributed by atoms with E-state index in [9.17, 15) is 0 Å². The zero-order valence-electron chi connectivity index (χ0n) is 12.0. The molecule has 0 aliphatic rings. The lowest BCUT2D eigenvalue weighted by molar-refractivity contribution is 0.394. The SMILES string of the molecule is CC(C)(C)Cc1cncn1CC(N)c1ccccc1. The number of benzene rings is 1. The second-order valence-corrected chi connectivity index (χ2v) is 6.29. The molecule has 1 aromatic carbocycles. The predicted molar refractivity (Wildman–Crippen MR) is 78.8 cm³/mol. The molecule has 19 heavy (non-hydrogen) atoms. The highest BCUT2D eigenvalue weighted by Gasteiger charge is 2.16. The van der Waals surface area contributed by atoms with Crippen LogP contribution in [0.4, 0.5) is 0 Å². The Bertz CT molecular complexity index is 508. The number of imidazole rings is 1. The molecule has 102 valence electrons. The van der Waals surface area contributed by atoms with Crippen LogP contribution in [0.5, 0.6) is 0 Å². The predicted octanol–water partition coefficient (Wildman–Crippen LogP) is 3.17. The molecule has 2 rings (SSSR count). The lowest BCUT2D eigenvalue weighted by Gasteiger charge is -2.20. The van der Waals surface area contributed by atoms with Gasteiger partial charge in [-0.2, -0.15) is 0 Å². The molecule has 0 saturated heterocycles. The van der Waals surface area contributed by atoms with Gasteiger partial charge in [0.2, 0.25) is 0 Å². The summed E-state index contributed by atoms with van der Waals surface area (Å²) in [7, 11) is 0. The molecule has 0 radical (unpaired) electrons. The average Bonchev–Trinajstić information content (AvgIpc) is 2.75. The van der Waals surface area contributed by atoms with E-state index in [1.807, 2.05) is 30.7 Å². The third-order valence-corrected chi connectivity index (χ3v) is 3.13. The van der Waals surface area contributed by atoms with Crippen molar-refractivity contribution in [1.29, 1.82) is 0 Å². The number of rotatable bonds is 4. The van der Waals surface area contributed by atoms with Crippen molar-refractivity contribution in [1.82, 2.24) is 9.55 Å². The van der Waals surface area contributed by atoms with Gasteiger partial charge in [-0.3, -0.25) is 0 Å². The average molecular weight is 257 g/mol. The molecule has 0 bridgehead atoms. The van der Waals surface area contributed by atoms with Crippen LogP contribution in [0.3, 0.4) is 0 Å². The molecule has 1 unspecified atom stereocenters. The van der Waals surface area contributed by atoms with Crippen LogP contribution in [0.1, 0.15) is 38.1 Å². The van der Waals surface area contributed by atoms with Gasteiger partial charge in [0.05, 0.1) is 6.33 Å². The Hall–Kier alpha value is -1.61. The first-order valence-corrected chi connectivity index (χ1v) is 6.75. The molecule has 0 aliphatic carbocycles. The van der Waals surface area contributed by atoms with E-state index in [4.69, 9.17) is 5.73 Å². The van der Waals surface area contributed by atoms with Crippen LogP contribution >= 0.6 is 0 Å². The number of nitrogens with zero attached hydrogens (tertiary/aromatic N) is 2. The number of hydrogen-bond donors (Lipinski definition) is 1. The molecule has 0 fully saturated rings. The number of nitrogens with two attached hydrogens (primary N) is 1. The summed E-state index contributed by atoms with van der Waals surface area (Å²) >= 11 is 0. The van der Waals surface area contributed by atoms with Crippen LogP contribution in [0.2, 0.25) is 0 Å². The molecule has 2 N–H and O–H groups in total. The van der Waals surface area contributed by atoms with Crippen molar-refractivity contribution in [2.24, 2.45) is 11.1 Å². The molecular weight excluding hydrogens is 234 g/mol. The quantitative estimate of drug-likeness (QED) is 0.914. The van der Waals surface area contributed by atoms with Crippen molar-refractivity contribution in [3.8, 4) is 0 Å². The topological polar surface area (TPSA) is 43.8 Å². The fraction of sp³-hybridized carbons (Fsp3) is 0.438. The zero-order chi connectivity index (χ0) is 13.9. The molecule has 0 saturated carbocycles. The van der Waals surface area contributed by atoms with Crippen molar-refractivity contribution in [3.63, 3.8) is 0 Å². The van der Waals surface area contributed by atoms with Gasteiger partial charge in [0, 0.05) is 24.5 Å². The maximum absolute atomic E-state index is 6.27. The minimum Gasteiger partial charge on any atom is -0.333 e. The van der Waals surface area contributed by atoms with Crippen LogP contribution in [0.15, 0.2) is 42.9 Å². The van der Waals surface area contributed by atoms with Crippen LogP contribution < -0.4 is 5.73 Å². The molecule has 1 heterocycles. The summed E-state index contributed by atoms with van der Waals surface area (Å²) in [5, 5.41) is 0. The van der Waals surface area contributed by atoms with Crippen LogP contribution in [-0.2, 0) is 13.0 Å². The summed E-state index contributed by atoms with van der Waals surface area (Å²) in [6, 6.07) is 10.2. The minimum atomic E-state index is 0.00844. The summed E-state index contributed by atoms with van der Waals surface area (Å²) in [5.74, 6) is 0. The highest BCUT2D eigenvalue weighted by molar-refractivity contribution is 5.18. The van der Waals surface area contributed by atoms with Crippen LogP contribution in [-0.4, -0.2) is 9.55 Å². The van der Waals surface area contributed by atoms with E-state index in [0.29, 0.717) is 0 Å². The summed E-state index contributed by atoms with van der Waals surface area (Å²) in [4.78, 5) is 4.26. The Kier molecular flexibility index (Phi) is 4.05. The van der Waals surface area contributed by atoms with E-state index in [1.54, 1.807) is 0 Å². The molecule has 1 aromatic heterocycles. The van der Waals surface area contributed by atoms with Gasteiger partial charge < -0.3 is 10.3 Å². The van der Waals surface area contributed by atoms with Crippen molar-refractivity contribution < 1.29 is 0 Å². The first kappa shape index (κ1) is 13.8. The van der Waals surface area contributed by atoms with Crippen molar-refractivity contribution in [3.05, 3.63) is 54.1 Å². The van der Waals surface area contributed by atoms with Gasteiger partial charge >= 0.3 is 0 Å². The molecule has 3 heteroatoms. The van der Waals surface area contributed by atoms with Crippen molar-refractivity contribution >= 4 is 0 Å². The van der Waals surface area contributed by atoms with E-state index < -0.39 is 0 Å². The van der Waals surface area contributed by atoms with E-state index in [1.165, 1.54) is 5.69 Å². The van der Waals surface area contributed by atoms with Gasteiger partial charge in [0.25, 0.3) is 0 Å². The molecule has 2 aromatic rings. The van der Waals surface area contributed by atoms with Gasteiger partial charge in [0.15, 0.2) is 0 Å². The standard InChI is InChI=1S/C16H23N3/c1-16(2,3)9-14-10-18-12-19(14)11-15(17)13-7-5-4-6-8-13/h4-8,10,12,15H,9,11,17H2,1-3H3. The monoisotopic (exact) mass is 257 g/mol. The highest BCUT2D eigenvalue weighted by atomic mass is 15.1. The van der Waals surface area contributed by atoms with Crippen molar-refractivity contribution in [2.45, 2.75) is 39.8 Å². The first-order chi connectivity index (χ1) is 8.96. The smallest absolute Gasteiger partial charge is 0.0948 e. The maximum atomic E-state index is 6.27. The van der Waals surface area contributed by atoms with E-state index in [0.717, 1.165) is 18.5 Å². The Morgan fingerprint density at radius 3 is 2.53 bits per heavy atom. The second kappa shape index (κ2) is 5.57. The first-order valence-electron chi connectivity index (χ1n) is 6.75. The zero-order valence-corrected chi connectivity index (χ0v) is 12.0. The summed E-state index contributed by atoms with van der Waals surface area (Å²) < 4.78 is 2.17. The minimum absolute atomic E-state index is 0.00844. The lowest BCUT2D eigenvalue weighted by Crippen LogP contribution is -2.20.